The molecule has 0 aromatic heterocycles. The number of ether oxygens (including phenoxy) is 1. The van der Waals surface area contributed by atoms with Gasteiger partial charge in [-0.15, -0.1) is 0 Å². The van der Waals surface area contributed by atoms with Crippen molar-refractivity contribution in [3.8, 4) is 0 Å². The number of hydrogen-bond donors (Lipinski definition) is 1. The van der Waals surface area contributed by atoms with E-state index in [9.17, 15) is 9.59 Å². The Kier molecular flexibility index (Phi) is 6.38. The Hall–Kier alpha value is -2.66. The summed E-state index contributed by atoms with van der Waals surface area (Å²) in [5, 5.41) is 3.25. The molecule has 2 fully saturated rings. The van der Waals surface area contributed by atoms with E-state index in [1.54, 1.807) is 0 Å². The van der Waals surface area contributed by atoms with Gasteiger partial charge in [0.15, 0.2) is 12.1 Å². The fourth-order valence-electron chi connectivity index (χ4n) is 5.53. The summed E-state index contributed by atoms with van der Waals surface area (Å²) >= 11 is 0. The molecule has 4 rings (SSSR count). The van der Waals surface area contributed by atoms with Gasteiger partial charge in [-0.3, -0.25) is 4.79 Å². The molecule has 32 heavy (non-hydrogen) atoms. The van der Waals surface area contributed by atoms with Crippen LogP contribution in [0.5, 0.6) is 0 Å². The number of nitrogens with one attached hydrogen (secondary N) is 1. The summed E-state index contributed by atoms with van der Waals surface area (Å²) in [5.41, 5.74) is 4.73. The molecule has 1 aliphatic heterocycles. The van der Waals surface area contributed by atoms with Crippen LogP contribution in [0.1, 0.15) is 54.4 Å². The summed E-state index contributed by atoms with van der Waals surface area (Å²) < 4.78 is 6.18. The quantitative estimate of drug-likeness (QED) is 0.501. The minimum absolute atomic E-state index is 0.0605. The fourth-order valence-corrected chi connectivity index (χ4v) is 5.53. The number of aryl methyl sites for hydroxylation is 3. The average molecular weight is 436 g/mol. The zero-order chi connectivity index (χ0) is 22.8. The molecule has 1 saturated carbocycles. The van der Waals surface area contributed by atoms with Gasteiger partial charge in [0.25, 0.3) is 5.91 Å². The first kappa shape index (κ1) is 22.5. The van der Waals surface area contributed by atoms with Gasteiger partial charge >= 0.3 is 5.97 Å². The van der Waals surface area contributed by atoms with Gasteiger partial charge in [0.05, 0.1) is 13.1 Å². The van der Waals surface area contributed by atoms with Gasteiger partial charge in [0, 0.05) is 18.5 Å². The Balaban J connectivity index is 1.51. The molecule has 1 saturated heterocycles. The van der Waals surface area contributed by atoms with E-state index < -0.39 is 5.54 Å². The van der Waals surface area contributed by atoms with Crippen LogP contribution in [-0.2, 0) is 20.9 Å². The minimum atomic E-state index is -0.518. The van der Waals surface area contributed by atoms with Crippen LogP contribution in [0.3, 0.4) is 0 Å². The van der Waals surface area contributed by atoms with Crippen molar-refractivity contribution in [3.05, 3.63) is 64.7 Å². The summed E-state index contributed by atoms with van der Waals surface area (Å²) in [6.07, 6.45) is 4.91. The Morgan fingerprint density at radius 2 is 1.59 bits per heavy atom. The lowest BCUT2D eigenvalue weighted by Crippen LogP contribution is -2.66. The zero-order valence-corrected chi connectivity index (χ0v) is 19.6. The molecule has 0 spiro atoms. The van der Waals surface area contributed by atoms with Crippen LogP contribution < -0.4 is 5.32 Å². The highest BCUT2D eigenvalue weighted by molar-refractivity contribution is 6.00. The number of anilines is 1. The topological polar surface area (TPSA) is 55.4 Å². The van der Waals surface area contributed by atoms with Gasteiger partial charge < -0.3 is 14.5 Å². The minimum Gasteiger partial charge on any atom is -0.457 e. The first-order chi connectivity index (χ1) is 15.4. The number of benzene rings is 2. The molecule has 170 valence electrons. The third-order valence-electron chi connectivity index (χ3n) is 7.32. The first-order valence-electron chi connectivity index (χ1n) is 11.8. The molecule has 1 aliphatic carbocycles. The number of amides is 1. The van der Waals surface area contributed by atoms with Crippen LogP contribution in [-0.4, -0.2) is 41.5 Å². The molecule has 0 atom stereocenters. The Morgan fingerprint density at radius 1 is 0.969 bits per heavy atom. The van der Waals surface area contributed by atoms with Crippen LogP contribution in [0, 0.1) is 20.8 Å². The monoisotopic (exact) mass is 435 g/mol. The van der Waals surface area contributed by atoms with Gasteiger partial charge in [-0.25, -0.2) is 4.79 Å². The van der Waals surface area contributed by atoms with Crippen LogP contribution in [0.4, 0.5) is 5.69 Å². The molecule has 2 aromatic carbocycles. The number of likely N-dealkylation sites (tertiary alicyclic amines) is 1. The lowest BCUT2D eigenvalue weighted by molar-refractivity contribution is -0.950. The number of carbonyl (C=O) groups excluding carboxylic acids is 2. The van der Waals surface area contributed by atoms with E-state index in [0.29, 0.717) is 4.48 Å². The lowest BCUT2D eigenvalue weighted by Gasteiger charge is -2.46. The van der Waals surface area contributed by atoms with Gasteiger partial charge in [-0.05, 0) is 56.7 Å². The Labute approximate surface area is 191 Å². The molecule has 1 N–H and O–H groups in total. The average Bonchev–Trinajstić information content (AvgIpc) is 3.59. The standard InChI is InChI=1S/C27H34N2O3/c1-20-16-21(2)25(22(3)17-20)28-26(31)27(12-13-27)29(14-8-5-9-15-29)18-24(30)32-19-23-10-6-4-7-11-23/h4,6-7,10-11,16-17H,5,8-9,12-15,18-19H2,1-3H3/p+1. The van der Waals surface area contributed by atoms with E-state index in [-0.39, 0.29) is 25.0 Å². The van der Waals surface area contributed by atoms with Crippen molar-refractivity contribution in [1.82, 2.24) is 0 Å². The molecular weight excluding hydrogens is 400 g/mol. The van der Waals surface area contributed by atoms with Crippen molar-refractivity contribution in [1.29, 1.82) is 0 Å². The number of hydrogen-bond acceptors (Lipinski definition) is 3. The highest BCUT2D eigenvalue weighted by atomic mass is 16.5. The highest BCUT2D eigenvalue weighted by Gasteiger charge is 2.66. The second-order valence-electron chi connectivity index (χ2n) is 9.72. The molecule has 1 amide bonds. The van der Waals surface area contributed by atoms with Crippen molar-refractivity contribution in [2.45, 2.75) is 65.0 Å². The maximum Gasteiger partial charge on any atom is 0.362 e. The van der Waals surface area contributed by atoms with Crippen molar-refractivity contribution >= 4 is 17.6 Å². The Morgan fingerprint density at radius 3 is 2.19 bits per heavy atom. The third-order valence-corrected chi connectivity index (χ3v) is 7.32. The number of piperidine rings is 1. The van der Waals surface area contributed by atoms with Crippen LogP contribution in [0.2, 0.25) is 0 Å². The third kappa shape index (κ3) is 4.44. The number of nitrogens with zero attached hydrogens (tertiary/aromatic N) is 1. The summed E-state index contributed by atoms with van der Waals surface area (Å²) in [6, 6.07) is 14.0. The predicted molar refractivity (Wildman–Crippen MR) is 126 cm³/mol. The van der Waals surface area contributed by atoms with Gasteiger partial charge in [0.2, 0.25) is 0 Å². The summed E-state index contributed by atoms with van der Waals surface area (Å²) in [6.45, 7) is 8.43. The number of quaternary nitrogens is 1. The van der Waals surface area contributed by atoms with E-state index in [4.69, 9.17) is 4.74 Å². The first-order valence-corrected chi connectivity index (χ1v) is 11.8. The van der Waals surface area contributed by atoms with Crippen molar-refractivity contribution in [3.63, 3.8) is 0 Å². The molecule has 2 aromatic rings. The second-order valence-corrected chi connectivity index (χ2v) is 9.72. The second kappa shape index (κ2) is 9.07. The van der Waals surface area contributed by atoms with E-state index >= 15 is 0 Å². The maximum absolute atomic E-state index is 13.7. The summed E-state index contributed by atoms with van der Waals surface area (Å²) in [7, 11) is 0. The van der Waals surface area contributed by atoms with E-state index in [2.05, 4.69) is 24.4 Å². The summed E-state index contributed by atoms with van der Waals surface area (Å²) in [5.74, 6) is -0.150. The molecule has 0 radical (unpaired) electrons. The van der Waals surface area contributed by atoms with Crippen LogP contribution in [0.15, 0.2) is 42.5 Å². The van der Waals surface area contributed by atoms with E-state index in [1.165, 1.54) is 5.56 Å². The number of carbonyl (C=O) groups is 2. The highest BCUT2D eigenvalue weighted by Crippen LogP contribution is 2.50. The molecule has 5 heteroatoms. The summed E-state index contributed by atoms with van der Waals surface area (Å²) in [4.78, 5) is 26.6. The lowest BCUT2D eigenvalue weighted by atomic mass is 9.99. The van der Waals surface area contributed by atoms with Gasteiger partial charge in [0.1, 0.15) is 6.61 Å². The maximum atomic E-state index is 13.7. The number of esters is 1. The predicted octanol–water partition coefficient (Wildman–Crippen LogP) is 4.83. The molecule has 1 heterocycles. The fraction of sp³-hybridized carbons (Fsp3) is 0.481. The van der Waals surface area contributed by atoms with Crippen molar-refractivity contribution < 1.29 is 18.8 Å². The van der Waals surface area contributed by atoms with Gasteiger partial charge in [-0.1, -0.05) is 48.0 Å². The SMILES string of the molecule is Cc1cc(C)c(NC(=O)C2([N+]3(CC(=O)OCc4ccccc4)CCCCC3)CC2)c(C)c1. The molecular formula is C27H35N2O3+. The smallest absolute Gasteiger partial charge is 0.362 e. The van der Waals surface area contributed by atoms with Crippen LogP contribution >= 0.6 is 0 Å². The molecule has 0 unspecified atom stereocenters. The number of rotatable bonds is 7. The van der Waals surface area contributed by atoms with E-state index in [0.717, 1.165) is 67.6 Å². The normalized spacial score (nSPS) is 18.6. The zero-order valence-electron chi connectivity index (χ0n) is 19.6. The van der Waals surface area contributed by atoms with Crippen molar-refractivity contribution in [2.75, 3.05) is 25.0 Å². The van der Waals surface area contributed by atoms with E-state index in [1.807, 2.05) is 44.2 Å². The van der Waals surface area contributed by atoms with Gasteiger partial charge in [-0.2, -0.15) is 0 Å². The Bertz CT molecular complexity index is 966. The molecule has 2 aliphatic rings. The molecule has 5 nitrogen and oxygen atoms in total. The van der Waals surface area contributed by atoms with Crippen LogP contribution in [0.25, 0.3) is 0 Å². The van der Waals surface area contributed by atoms with Crippen molar-refractivity contribution in [2.24, 2.45) is 0 Å². The molecule has 0 bridgehead atoms. The largest absolute Gasteiger partial charge is 0.457 e.